The Labute approximate surface area is 263 Å². The molecule has 2 aliphatic rings. The smallest absolute Gasteiger partial charge is 0.255 e. The number of H-pyrrole nitrogens is 1. The molecule has 5 rings (SSSR count). The molecular weight excluding hydrogens is 572 g/mol. The first-order chi connectivity index (χ1) is 21.8. The Bertz CT molecular complexity index is 1450. The van der Waals surface area contributed by atoms with Crippen molar-refractivity contribution in [2.45, 2.75) is 70.0 Å². The van der Waals surface area contributed by atoms with Gasteiger partial charge < -0.3 is 30.6 Å². The van der Waals surface area contributed by atoms with E-state index in [0.29, 0.717) is 30.5 Å². The second kappa shape index (κ2) is 14.9. The number of hydrogen-bond acceptors (Lipinski definition) is 6. The van der Waals surface area contributed by atoms with E-state index in [2.05, 4.69) is 38.1 Å². The first kappa shape index (κ1) is 31.7. The first-order valence-electron chi connectivity index (χ1n) is 15.7. The quantitative estimate of drug-likeness (QED) is 0.348. The van der Waals surface area contributed by atoms with Crippen LogP contribution in [0, 0.1) is 5.92 Å². The monoisotopic (exact) mass is 614 g/mol. The lowest BCUT2D eigenvalue weighted by Crippen LogP contribution is -2.53. The van der Waals surface area contributed by atoms with E-state index in [4.69, 9.17) is 4.74 Å². The maximum absolute atomic E-state index is 13.9. The number of aromatic nitrogens is 2. The molecular formula is C34H42N6O5. The third kappa shape index (κ3) is 8.29. The molecule has 4 amide bonds. The first-order valence-corrected chi connectivity index (χ1v) is 15.7. The van der Waals surface area contributed by atoms with Gasteiger partial charge in [-0.05, 0) is 48.8 Å². The minimum Gasteiger partial charge on any atom is -0.491 e. The number of carbonyl (C=O) groups is 4. The van der Waals surface area contributed by atoms with Gasteiger partial charge in [-0.3, -0.25) is 19.2 Å². The van der Waals surface area contributed by atoms with E-state index >= 15 is 0 Å². The number of para-hydroxylation sites is 1. The topological polar surface area (TPSA) is 146 Å². The van der Waals surface area contributed by atoms with Crippen LogP contribution in [-0.4, -0.2) is 76.3 Å². The molecule has 1 saturated heterocycles. The number of rotatable bonds is 5. The van der Waals surface area contributed by atoms with Crippen LogP contribution in [0.15, 0.2) is 67.1 Å². The van der Waals surface area contributed by atoms with Crippen LogP contribution in [-0.2, 0) is 20.8 Å². The standard InChI is InChI=1S/C34H42N6O5/c1-22(2)29-20-45-30-11-7-6-10-26(30)32(42)38-27(34(44)40-16-14-24(15-17-40)23-8-4-3-5-9-23)12-13-31(41)37-28(33(43)39-29)18-25-19-35-21-36-25/h3-11,19,21-22,24,27-29H,12-18,20H2,1-2H3,(H,35,36)(H,37,41)(H,38,42)(H,39,43)/t27-,28-,29-/m0/s1. The zero-order valence-corrected chi connectivity index (χ0v) is 25.8. The normalized spacial score (nSPS) is 22.2. The fourth-order valence-electron chi connectivity index (χ4n) is 5.88. The Balaban J connectivity index is 1.37. The van der Waals surface area contributed by atoms with Crippen molar-refractivity contribution in [2.75, 3.05) is 19.7 Å². The summed E-state index contributed by atoms with van der Waals surface area (Å²) in [4.78, 5) is 63.1. The maximum atomic E-state index is 13.9. The van der Waals surface area contributed by atoms with Gasteiger partial charge in [0.2, 0.25) is 17.7 Å². The molecule has 0 radical (unpaired) electrons. The molecule has 1 aromatic heterocycles. The summed E-state index contributed by atoms with van der Waals surface area (Å²) in [6, 6.07) is 14.9. The molecule has 2 aromatic carbocycles. The summed E-state index contributed by atoms with van der Waals surface area (Å²) in [5, 5.41) is 8.78. The number of hydrogen-bond donors (Lipinski definition) is 4. The summed E-state index contributed by atoms with van der Waals surface area (Å²) in [6.45, 7) is 5.14. The van der Waals surface area contributed by atoms with Gasteiger partial charge >= 0.3 is 0 Å². The van der Waals surface area contributed by atoms with Crippen molar-refractivity contribution < 1.29 is 23.9 Å². The fourth-order valence-corrected chi connectivity index (χ4v) is 5.88. The van der Waals surface area contributed by atoms with Crippen LogP contribution < -0.4 is 20.7 Å². The van der Waals surface area contributed by atoms with Crippen molar-refractivity contribution in [1.29, 1.82) is 0 Å². The van der Waals surface area contributed by atoms with Crippen LogP contribution in [0.5, 0.6) is 5.75 Å². The molecule has 0 spiro atoms. The number of nitrogens with one attached hydrogen (secondary N) is 4. The van der Waals surface area contributed by atoms with E-state index in [1.165, 1.54) is 11.9 Å². The van der Waals surface area contributed by atoms with Gasteiger partial charge in [0.1, 0.15) is 24.4 Å². The van der Waals surface area contributed by atoms with E-state index in [1.807, 2.05) is 32.0 Å². The average Bonchev–Trinajstić information content (AvgIpc) is 3.57. The van der Waals surface area contributed by atoms with Crippen LogP contribution in [0.2, 0.25) is 0 Å². The Morgan fingerprint density at radius 1 is 0.956 bits per heavy atom. The zero-order valence-electron chi connectivity index (χ0n) is 25.8. The molecule has 0 unspecified atom stereocenters. The van der Waals surface area contributed by atoms with Gasteiger partial charge in [0.25, 0.3) is 5.91 Å². The number of benzene rings is 2. The van der Waals surface area contributed by atoms with Crippen molar-refractivity contribution in [2.24, 2.45) is 5.92 Å². The predicted molar refractivity (Wildman–Crippen MR) is 168 cm³/mol. The summed E-state index contributed by atoms with van der Waals surface area (Å²) in [6.07, 6.45) is 4.98. The number of piperidine rings is 1. The molecule has 11 heteroatoms. The number of likely N-dealkylation sites (tertiary alicyclic amines) is 1. The van der Waals surface area contributed by atoms with E-state index in [1.54, 1.807) is 35.4 Å². The Hall–Kier alpha value is -4.67. The molecule has 3 atom stereocenters. The van der Waals surface area contributed by atoms with E-state index < -0.39 is 29.9 Å². The minimum atomic E-state index is -0.932. The molecule has 3 heterocycles. The largest absolute Gasteiger partial charge is 0.491 e. The lowest BCUT2D eigenvalue weighted by atomic mass is 9.89. The van der Waals surface area contributed by atoms with Crippen molar-refractivity contribution in [3.05, 3.63) is 83.9 Å². The number of fused-ring (bicyclic) bond motifs is 1. The number of nitrogens with zero attached hydrogens (tertiary/aromatic N) is 2. The second-order valence-corrected chi connectivity index (χ2v) is 12.1. The lowest BCUT2D eigenvalue weighted by Gasteiger charge is -2.34. The van der Waals surface area contributed by atoms with Crippen LogP contribution in [0.3, 0.4) is 0 Å². The molecule has 45 heavy (non-hydrogen) atoms. The molecule has 11 nitrogen and oxygen atoms in total. The van der Waals surface area contributed by atoms with Crippen molar-refractivity contribution in [1.82, 2.24) is 30.8 Å². The molecule has 3 aromatic rings. The summed E-state index contributed by atoms with van der Waals surface area (Å²) >= 11 is 0. The highest BCUT2D eigenvalue weighted by atomic mass is 16.5. The molecule has 0 aliphatic carbocycles. The molecule has 0 saturated carbocycles. The Morgan fingerprint density at radius 2 is 1.69 bits per heavy atom. The van der Waals surface area contributed by atoms with Gasteiger partial charge in [-0.15, -0.1) is 0 Å². The van der Waals surface area contributed by atoms with Crippen LogP contribution in [0.25, 0.3) is 0 Å². The lowest BCUT2D eigenvalue weighted by molar-refractivity contribution is -0.135. The molecule has 4 N–H and O–H groups in total. The van der Waals surface area contributed by atoms with Gasteiger partial charge in [-0.1, -0.05) is 56.3 Å². The number of imidazole rings is 1. The summed E-state index contributed by atoms with van der Waals surface area (Å²) in [5.41, 5.74) is 2.23. The number of ether oxygens (including phenoxy) is 1. The van der Waals surface area contributed by atoms with E-state index in [0.717, 1.165) is 12.8 Å². The highest BCUT2D eigenvalue weighted by molar-refractivity contribution is 6.00. The van der Waals surface area contributed by atoms with Crippen LogP contribution >= 0.6 is 0 Å². The van der Waals surface area contributed by atoms with Crippen LogP contribution in [0.4, 0.5) is 0 Å². The molecule has 238 valence electrons. The van der Waals surface area contributed by atoms with Gasteiger partial charge in [0, 0.05) is 37.8 Å². The predicted octanol–water partition coefficient (Wildman–Crippen LogP) is 2.96. The summed E-state index contributed by atoms with van der Waals surface area (Å²) < 4.78 is 6.11. The zero-order chi connectivity index (χ0) is 31.8. The number of amides is 4. The minimum absolute atomic E-state index is 0.00200. The third-order valence-corrected chi connectivity index (χ3v) is 8.65. The van der Waals surface area contributed by atoms with E-state index in [-0.39, 0.29) is 49.2 Å². The van der Waals surface area contributed by atoms with Gasteiger partial charge in [0.15, 0.2) is 0 Å². The van der Waals surface area contributed by atoms with Gasteiger partial charge in [-0.2, -0.15) is 0 Å². The van der Waals surface area contributed by atoms with Gasteiger partial charge in [0.05, 0.1) is 17.9 Å². The molecule has 2 aliphatic heterocycles. The average molecular weight is 615 g/mol. The second-order valence-electron chi connectivity index (χ2n) is 12.1. The Morgan fingerprint density at radius 3 is 2.40 bits per heavy atom. The highest BCUT2D eigenvalue weighted by Gasteiger charge is 2.32. The SMILES string of the molecule is CC(C)[C@@H]1COc2ccccc2C(=O)N[C@H](C(=O)N2CCC(c3ccccc3)CC2)CCC(=O)N[C@@H](Cc2cnc[nH]2)C(=O)N1. The Kier molecular flexibility index (Phi) is 10.5. The highest BCUT2D eigenvalue weighted by Crippen LogP contribution is 2.28. The van der Waals surface area contributed by atoms with Crippen molar-refractivity contribution in [3.8, 4) is 5.75 Å². The fraction of sp³-hybridized carbons (Fsp3) is 0.441. The maximum Gasteiger partial charge on any atom is 0.255 e. The van der Waals surface area contributed by atoms with Crippen LogP contribution in [0.1, 0.15) is 67.1 Å². The molecule has 0 bridgehead atoms. The number of carbonyl (C=O) groups excluding carboxylic acids is 4. The number of aromatic amines is 1. The van der Waals surface area contributed by atoms with E-state index in [9.17, 15) is 19.2 Å². The molecule has 1 fully saturated rings. The summed E-state index contributed by atoms with van der Waals surface area (Å²) in [7, 11) is 0. The van der Waals surface area contributed by atoms with Gasteiger partial charge in [-0.25, -0.2) is 4.98 Å². The van der Waals surface area contributed by atoms with Crippen molar-refractivity contribution in [3.63, 3.8) is 0 Å². The summed E-state index contributed by atoms with van der Waals surface area (Å²) in [5.74, 6) is -0.716. The van der Waals surface area contributed by atoms with Crippen molar-refractivity contribution >= 4 is 23.6 Å². The third-order valence-electron chi connectivity index (χ3n) is 8.65.